The lowest BCUT2D eigenvalue weighted by Crippen LogP contribution is -1.96. The lowest BCUT2D eigenvalue weighted by Gasteiger charge is -2.08. The molecule has 0 aromatic heterocycles. The van der Waals surface area contributed by atoms with E-state index < -0.39 is 0 Å². The summed E-state index contributed by atoms with van der Waals surface area (Å²) in [4.78, 5) is 0. The van der Waals surface area contributed by atoms with Gasteiger partial charge >= 0.3 is 0 Å². The number of hydrogen-bond acceptors (Lipinski definition) is 2. The molecule has 17 heavy (non-hydrogen) atoms. The molecule has 0 amide bonds. The quantitative estimate of drug-likeness (QED) is 0.911. The van der Waals surface area contributed by atoms with Crippen LogP contribution < -0.4 is 4.74 Å². The maximum atomic E-state index is 9.27. The molecule has 88 valence electrons. The minimum atomic E-state index is 0.229. The zero-order chi connectivity index (χ0) is 12.3. The van der Waals surface area contributed by atoms with Gasteiger partial charge in [0.15, 0.2) is 0 Å². The summed E-state index contributed by atoms with van der Waals surface area (Å²) in [6, 6.07) is 12.3. The summed E-state index contributed by atoms with van der Waals surface area (Å²) in [5, 5.41) is 9.95. The molecule has 2 nitrogen and oxygen atoms in total. The van der Waals surface area contributed by atoms with Gasteiger partial charge in [0.1, 0.15) is 18.1 Å². The van der Waals surface area contributed by atoms with Crippen LogP contribution in [-0.2, 0) is 6.61 Å². The molecule has 0 saturated heterocycles. The number of halogens is 2. The second-order valence-corrected chi connectivity index (χ2v) is 4.81. The Morgan fingerprint density at radius 3 is 2.47 bits per heavy atom. The van der Waals surface area contributed by atoms with Crippen molar-refractivity contribution in [2.24, 2.45) is 0 Å². The van der Waals surface area contributed by atoms with Crippen LogP contribution in [0, 0.1) is 0 Å². The van der Waals surface area contributed by atoms with Crippen molar-refractivity contribution in [3.8, 4) is 11.5 Å². The number of phenols is 1. The van der Waals surface area contributed by atoms with Crippen LogP contribution in [0.2, 0.25) is 5.02 Å². The van der Waals surface area contributed by atoms with Gasteiger partial charge in [-0.25, -0.2) is 0 Å². The molecule has 0 spiro atoms. The number of hydrogen-bond donors (Lipinski definition) is 1. The Bertz CT molecular complexity index is 511. The summed E-state index contributed by atoms with van der Waals surface area (Å²) in [6.45, 7) is 0.433. The molecule has 0 aliphatic carbocycles. The summed E-state index contributed by atoms with van der Waals surface area (Å²) >= 11 is 9.15. The van der Waals surface area contributed by atoms with Crippen molar-refractivity contribution in [1.29, 1.82) is 0 Å². The predicted molar refractivity (Wildman–Crippen MR) is 71.6 cm³/mol. The average molecular weight is 314 g/mol. The van der Waals surface area contributed by atoms with E-state index in [2.05, 4.69) is 15.9 Å². The molecule has 0 unspecified atom stereocenters. The van der Waals surface area contributed by atoms with Crippen molar-refractivity contribution in [3.05, 3.63) is 57.5 Å². The van der Waals surface area contributed by atoms with Gasteiger partial charge in [0.2, 0.25) is 0 Å². The van der Waals surface area contributed by atoms with Gasteiger partial charge in [-0.1, -0.05) is 33.6 Å². The van der Waals surface area contributed by atoms with E-state index in [1.54, 1.807) is 24.3 Å². The normalized spacial score (nSPS) is 10.2. The topological polar surface area (TPSA) is 29.5 Å². The zero-order valence-electron chi connectivity index (χ0n) is 8.86. The molecule has 0 aliphatic rings. The highest BCUT2D eigenvalue weighted by Gasteiger charge is 2.02. The Morgan fingerprint density at radius 2 is 1.82 bits per heavy atom. The van der Waals surface area contributed by atoms with Crippen molar-refractivity contribution in [3.63, 3.8) is 0 Å². The van der Waals surface area contributed by atoms with Crippen LogP contribution in [-0.4, -0.2) is 5.11 Å². The molecule has 0 bridgehead atoms. The number of phenolic OH excluding ortho intramolecular Hbond substituents is 1. The smallest absolute Gasteiger partial charge is 0.119 e. The van der Waals surface area contributed by atoms with Crippen LogP contribution in [0.4, 0.5) is 0 Å². The molecule has 0 atom stereocenters. The first-order valence-corrected chi connectivity index (χ1v) is 6.18. The Labute approximate surface area is 113 Å². The molecule has 2 aromatic carbocycles. The van der Waals surface area contributed by atoms with Gasteiger partial charge in [0.25, 0.3) is 0 Å². The highest BCUT2D eigenvalue weighted by atomic mass is 79.9. The number of rotatable bonds is 3. The molecule has 0 fully saturated rings. The first kappa shape index (κ1) is 12.3. The summed E-state index contributed by atoms with van der Waals surface area (Å²) in [6.07, 6.45) is 0. The van der Waals surface area contributed by atoms with Crippen molar-refractivity contribution >= 4 is 27.5 Å². The van der Waals surface area contributed by atoms with E-state index in [0.29, 0.717) is 11.6 Å². The maximum Gasteiger partial charge on any atom is 0.119 e. The van der Waals surface area contributed by atoms with E-state index in [9.17, 15) is 5.11 Å². The third kappa shape index (κ3) is 3.38. The second kappa shape index (κ2) is 5.43. The van der Waals surface area contributed by atoms with Crippen molar-refractivity contribution in [1.82, 2.24) is 0 Å². The van der Waals surface area contributed by atoms with Crippen LogP contribution in [0.25, 0.3) is 0 Å². The molecule has 1 N–H and O–H groups in total. The SMILES string of the molecule is Oc1ccc(COc2ccc(Cl)cc2)c(Br)c1. The van der Waals surface area contributed by atoms with Crippen LogP contribution in [0.3, 0.4) is 0 Å². The lowest BCUT2D eigenvalue weighted by atomic mass is 10.2. The molecule has 0 aliphatic heterocycles. The minimum absolute atomic E-state index is 0.229. The van der Waals surface area contributed by atoms with Gasteiger partial charge in [0.05, 0.1) is 0 Å². The second-order valence-electron chi connectivity index (χ2n) is 3.52. The van der Waals surface area contributed by atoms with E-state index in [4.69, 9.17) is 16.3 Å². The monoisotopic (exact) mass is 312 g/mol. The first-order valence-electron chi connectivity index (χ1n) is 5.01. The van der Waals surface area contributed by atoms with Gasteiger partial charge in [-0.2, -0.15) is 0 Å². The molecule has 4 heteroatoms. The Morgan fingerprint density at radius 1 is 1.12 bits per heavy atom. The maximum absolute atomic E-state index is 9.27. The summed E-state index contributed by atoms with van der Waals surface area (Å²) in [5.74, 6) is 0.987. The van der Waals surface area contributed by atoms with Crippen molar-refractivity contribution < 1.29 is 9.84 Å². The molecule has 2 rings (SSSR count). The van der Waals surface area contributed by atoms with Gasteiger partial charge in [-0.15, -0.1) is 0 Å². The largest absolute Gasteiger partial charge is 0.508 e. The minimum Gasteiger partial charge on any atom is -0.508 e. The van der Waals surface area contributed by atoms with E-state index in [1.165, 1.54) is 0 Å². The lowest BCUT2D eigenvalue weighted by molar-refractivity contribution is 0.305. The summed E-state index contributed by atoms with van der Waals surface area (Å²) in [7, 11) is 0. The number of benzene rings is 2. The summed E-state index contributed by atoms with van der Waals surface area (Å²) < 4.78 is 6.42. The van der Waals surface area contributed by atoms with E-state index in [-0.39, 0.29) is 5.75 Å². The molecular weight excluding hydrogens is 303 g/mol. The van der Waals surface area contributed by atoms with E-state index in [1.807, 2.05) is 18.2 Å². The molecule has 0 saturated carbocycles. The van der Waals surface area contributed by atoms with Crippen LogP contribution in [0.1, 0.15) is 5.56 Å². The highest BCUT2D eigenvalue weighted by Crippen LogP contribution is 2.24. The fraction of sp³-hybridized carbons (Fsp3) is 0.0769. The fourth-order valence-corrected chi connectivity index (χ4v) is 1.95. The Hall–Kier alpha value is -1.19. The molecule has 0 radical (unpaired) electrons. The Balaban J connectivity index is 2.04. The van der Waals surface area contributed by atoms with Crippen molar-refractivity contribution in [2.45, 2.75) is 6.61 Å². The molecule has 0 heterocycles. The van der Waals surface area contributed by atoms with Crippen LogP contribution >= 0.6 is 27.5 Å². The zero-order valence-corrected chi connectivity index (χ0v) is 11.2. The third-order valence-corrected chi connectivity index (χ3v) is 3.23. The predicted octanol–water partition coefficient (Wildman–Crippen LogP) is 4.39. The van der Waals surface area contributed by atoms with Crippen LogP contribution in [0.5, 0.6) is 11.5 Å². The van der Waals surface area contributed by atoms with E-state index in [0.717, 1.165) is 15.8 Å². The first-order chi connectivity index (χ1) is 8.15. The Kier molecular flexibility index (Phi) is 3.92. The van der Waals surface area contributed by atoms with Gasteiger partial charge in [0, 0.05) is 15.1 Å². The van der Waals surface area contributed by atoms with Crippen LogP contribution in [0.15, 0.2) is 46.9 Å². The fourth-order valence-electron chi connectivity index (χ4n) is 1.35. The van der Waals surface area contributed by atoms with Gasteiger partial charge in [-0.3, -0.25) is 0 Å². The molecular formula is C13H10BrClO2. The van der Waals surface area contributed by atoms with Gasteiger partial charge < -0.3 is 9.84 Å². The third-order valence-electron chi connectivity index (χ3n) is 2.24. The summed E-state index contributed by atoms with van der Waals surface area (Å²) in [5.41, 5.74) is 0.970. The van der Waals surface area contributed by atoms with Crippen molar-refractivity contribution in [2.75, 3.05) is 0 Å². The average Bonchev–Trinajstić information content (AvgIpc) is 2.30. The van der Waals surface area contributed by atoms with E-state index >= 15 is 0 Å². The highest BCUT2D eigenvalue weighted by molar-refractivity contribution is 9.10. The van der Waals surface area contributed by atoms with Gasteiger partial charge in [-0.05, 0) is 36.4 Å². The number of aromatic hydroxyl groups is 1. The number of ether oxygens (including phenoxy) is 1. The molecule has 2 aromatic rings. The standard InChI is InChI=1S/C13H10BrClO2/c14-13-7-11(16)4-1-9(13)8-17-12-5-2-10(15)3-6-12/h1-7,16H,8H2.